The molecule has 25 heavy (non-hydrogen) atoms. The molecule has 2 atom stereocenters. The first-order valence-electron chi connectivity index (χ1n) is 9.99. The van der Waals surface area contributed by atoms with E-state index >= 15 is 0 Å². The van der Waals surface area contributed by atoms with Crippen LogP contribution in [-0.2, 0) is 4.79 Å². The number of hydrogen-bond donors (Lipinski definition) is 2. The molecule has 5 heteroatoms. The number of primary amides is 1. The molecule has 0 aromatic carbocycles. The summed E-state index contributed by atoms with van der Waals surface area (Å²) in [5, 5.41) is 12.2. The second-order valence-electron chi connectivity index (χ2n) is 9.44. The van der Waals surface area contributed by atoms with E-state index in [1.807, 2.05) is 0 Å². The molecule has 5 aliphatic carbocycles. The number of nitriles is 1. The smallest absolute Gasteiger partial charge is 0.223 e. The lowest BCUT2D eigenvalue weighted by Crippen LogP contribution is -2.57. The predicted octanol–water partition coefficient (Wildman–Crippen LogP) is 3.11. The Hall–Kier alpha value is -1.57. The number of nitrogens with two attached hydrogens (primary N) is 1. The van der Waals surface area contributed by atoms with Crippen LogP contribution in [0.2, 0.25) is 0 Å². The van der Waals surface area contributed by atoms with Gasteiger partial charge in [0.25, 0.3) is 0 Å². The Kier molecular flexibility index (Phi) is 4.05. The average molecular weight is 342 g/mol. The van der Waals surface area contributed by atoms with Crippen LogP contribution in [-0.4, -0.2) is 17.8 Å². The Morgan fingerprint density at radius 3 is 2.36 bits per heavy atom. The average Bonchev–Trinajstić information content (AvgIpc) is 2.57. The van der Waals surface area contributed by atoms with Gasteiger partial charge >= 0.3 is 0 Å². The van der Waals surface area contributed by atoms with Gasteiger partial charge in [-0.05, 0) is 62.7 Å². The molecule has 1 amide bonds. The standard InChI is InChI=1S/C20H30N4O/c1-19(5-3-2-4-6-19)18(23-12-21)24-16-14-7-13-8-15(16)11-20(9-13,10-14)17(22)25/h13-16H,2-11H2,1H3,(H2,22,25)(H,23,24). The normalized spacial score (nSPS) is 42.0. The number of rotatable bonds is 3. The van der Waals surface area contributed by atoms with Gasteiger partial charge in [0.2, 0.25) is 5.91 Å². The Labute approximate surface area is 150 Å². The maximum atomic E-state index is 12.1. The molecule has 0 radical (unpaired) electrons. The summed E-state index contributed by atoms with van der Waals surface area (Å²) in [5.74, 6) is 2.38. The first kappa shape index (κ1) is 16.9. The molecule has 0 saturated heterocycles. The van der Waals surface area contributed by atoms with E-state index in [2.05, 4.69) is 18.4 Å². The number of amides is 1. The first-order chi connectivity index (χ1) is 12.0. The van der Waals surface area contributed by atoms with Crippen LogP contribution in [0.15, 0.2) is 4.99 Å². The molecular formula is C20H30N4O. The molecule has 0 heterocycles. The number of hydrogen-bond acceptors (Lipinski definition) is 3. The molecule has 5 aliphatic rings. The Morgan fingerprint density at radius 1 is 1.16 bits per heavy atom. The Morgan fingerprint density at radius 2 is 1.80 bits per heavy atom. The third-order valence-electron chi connectivity index (χ3n) is 7.73. The molecule has 3 N–H and O–H groups in total. The summed E-state index contributed by atoms with van der Waals surface area (Å²) in [6, 6.07) is 0.263. The largest absolute Gasteiger partial charge is 0.369 e. The summed E-state index contributed by atoms with van der Waals surface area (Å²) in [6.45, 7) is 2.26. The van der Waals surface area contributed by atoms with Gasteiger partial charge in [0.1, 0.15) is 5.84 Å². The zero-order valence-electron chi connectivity index (χ0n) is 15.3. The van der Waals surface area contributed by atoms with E-state index in [1.165, 1.54) is 32.1 Å². The van der Waals surface area contributed by atoms with Crippen LogP contribution in [0.25, 0.3) is 0 Å². The van der Waals surface area contributed by atoms with E-state index in [1.54, 1.807) is 0 Å². The van der Waals surface area contributed by atoms with Gasteiger partial charge in [-0.1, -0.05) is 26.2 Å². The van der Waals surface area contributed by atoms with Gasteiger partial charge in [-0.15, -0.1) is 0 Å². The van der Waals surface area contributed by atoms with Crippen molar-refractivity contribution in [3.8, 4) is 6.19 Å². The number of aliphatic imine (C=N–C) groups is 1. The van der Waals surface area contributed by atoms with Crippen LogP contribution in [0.1, 0.15) is 71.1 Å². The molecule has 0 aliphatic heterocycles. The minimum absolute atomic E-state index is 0.00399. The van der Waals surface area contributed by atoms with E-state index < -0.39 is 0 Å². The first-order valence-corrected chi connectivity index (χ1v) is 9.99. The van der Waals surface area contributed by atoms with Crippen LogP contribution >= 0.6 is 0 Å². The van der Waals surface area contributed by atoms with Gasteiger partial charge in [-0.25, -0.2) is 0 Å². The van der Waals surface area contributed by atoms with E-state index in [4.69, 9.17) is 10.7 Å². The van der Waals surface area contributed by atoms with Crippen LogP contribution in [0, 0.1) is 40.0 Å². The van der Waals surface area contributed by atoms with E-state index in [0.29, 0.717) is 17.8 Å². The SMILES string of the molecule is CC1(C(=NC2C3CC4CC2CC(C(N)=O)(C4)C3)NC#N)CCCCC1. The van der Waals surface area contributed by atoms with Crippen molar-refractivity contribution in [2.45, 2.75) is 77.2 Å². The molecule has 5 nitrogen and oxygen atoms in total. The highest BCUT2D eigenvalue weighted by Gasteiger charge is 2.58. The van der Waals surface area contributed by atoms with Crippen molar-refractivity contribution in [1.82, 2.24) is 5.32 Å². The maximum Gasteiger partial charge on any atom is 0.223 e. The number of carbonyl (C=O) groups is 1. The fourth-order valence-electron chi connectivity index (χ4n) is 6.62. The zero-order valence-corrected chi connectivity index (χ0v) is 15.3. The van der Waals surface area contributed by atoms with Crippen molar-refractivity contribution in [2.75, 3.05) is 0 Å². The summed E-state index contributed by atoms with van der Waals surface area (Å²) in [5.41, 5.74) is 5.53. The molecule has 5 rings (SSSR count). The predicted molar refractivity (Wildman–Crippen MR) is 96.3 cm³/mol. The second-order valence-corrected chi connectivity index (χ2v) is 9.44. The summed E-state index contributed by atoms with van der Waals surface area (Å²) >= 11 is 0. The number of carbonyl (C=O) groups excluding carboxylic acids is 1. The lowest BCUT2D eigenvalue weighted by atomic mass is 9.47. The lowest BCUT2D eigenvalue weighted by Gasteiger charge is -2.58. The van der Waals surface area contributed by atoms with Gasteiger partial charge in [0.15, 0.2) is 6.19 Å². The minimum Gasteiger partial charge on any atom is -0.369 e. The summed E-state index contributed by atoms with van der Waals surface area (Å²) in [7, 11) is 0. The topological polar surface area (TPSA) is 91.3 Å². The van der Waals surface area contributed by atoms with Gasteiger partial charge in [-0.3, -0.25) is 15.1 Å². The van der Waals surface area contributed by atoms with Gasteiger partial charge in [0.05, 0.1) is 6.04 Å². The molecule has 0 aromatic heterocycles. The van der Waals surface area contributed by atoms with Crippen LogP contribution < -0.4 is 11.1 Å². The van der Waals surface area contributed by atoms with Crippen molar-refractivity contribution in [1.29, 1.82) is 5.26 Å². The molecule has 2 unspecified atom stereocenters. The van der Waals surface area contributed by atoms with E-state index in [9.17, 15) is 10.1 Å². The molecule has 136 valence electrons. The molecule has 0 spiro atoms. The van der Waals surface area contributed by atoms with Crippen LogP contribution in [0.4, 0.5) is 0 Å². The van der Waals surface area contributed by atoms with Gasteiger partial charge < -0.3 is 5.73 Å². The fraction of sp³-hybridized carbons (Fsp3) is 0.850. The van der Waals surface area contributed by atoms with Crippen LogP contribution in [0.3, 0.4) is 0 Å². The van der Waals surface area contributed by atoms with Crippen molar-refractivity contribution in [2.24, 2.45) is 39.3 Å². The Bertz CT molecular complexity index is 612. The maximum absolute atomic E-state index is 12.1. The van der Waals surface area contributed by atoms with E-state index in [0.717, 1.165) is 37.9 Å². The number of amidine groups is 1. The minimum atomic E-state index is -0.264. The highest BCUT2D eigenvalue weighted by Crippen LogP contribution is 2.60. The third kappa shape index (κ3) is 2.74. The van der Waals surface area contributed by atoms with Crippen molar-refractivity contribution < 1.29 is 4.79 Å². The van der Waals surface area contributed by atoms with Crippen molar-refractivity contribution in [3.63, 3.8) is 0 Å². The summed E-state index contributed by atoms with van der Waals surface area (Å²) in [4.78, 5) is 17.3. The van der Waals surface area contributed by atoms with Gasteiger partial charge in [0, 0.05) is 10.8 Å². The monoisotopic (exact) mass is 342 g/mol. The summed E-state index contributed by atoms with van der Waals surface area (Å²) in [6.07, 6.45) is 13.2. The Balaban J connectivity index is 1.62. The lowest BCUT2D eigenvalue weighted by molar-refractivity contribution is -0.144. The summed E-state index contributed by atoms with van der Waals surface area (Å²) < 4.78 is 0. The van der Waals surface area contributed by atoms with Crippen molar-refractivity contribution in [3.05, 3.63) is 0 Å². The number of nitrogens with one attached hydrogen (secondary N) is 1. The van der Waals surface area contributed by atoms with E-state index in [-0.39, 0.29) is 22.8 Å². The molecule has 4 bridgehead atoms. The number of nitrogens with zero attached hydrogens (tertiary/aromatic N) is 2. The van der Waals surface area contributed by atoms with Gasteiger partial charge in [-0.2, -0.15) is 5.26 Å². The highest BCUT2D eigenvalue weighted by molar-refractivity contribution is 5.89. The third-order valence-corrected chi connectivity index (χ3v) is 7.73. The second kappa shape index (κ2) is 6.00. The fourth-order valence-corrected chi connectivity index (χ4v) is 6.62. The quantitative estimate of drug-likeness (QED) is 0.357. The molecule has 5 saturated carbocycles. The zero-order chi connectivity index (χ0) is 17.7. The molecular weight excluding hydrogens is 312 g/mol. The van der Waals surface area contributed by atoms with Crippen molar-refractivity contribution >= 4 is 11.7 Å². The molecule has 5 fully saturated rings. The van der Waals surface area contributed by atoms with Crippen LogP contribution in [0.5, 0.6) is 0 Å². The highest BCUT2D eigenvalue weighted by atomic mass is 16.1. The molecule has 0 aromatic rings.